The van der Waals surface area contributed by atoms with E-state index in [2.05, 4.69) is 32.7 Å². The first-order chi connectivity index (χ1) is 13.4. The van der Waals surface area contributed by atoms with Crippen LogP contribution in [0.5, 0.6) is 0 Å². The summed E-state index contributed by atoms with van der Waals surface area (Å²) in [4.78, 5) is 29.2. The standard InChI is InChI=1S/C18H25ClN6O3/c1-11-10-24(6-7-25(11)13-8-14(19)23-20-9-13)15(26)4-5-18(12-2-3-12)16(27)21-17(28)22-18/h8-9,11-12,17,22,28H,2-7,10H2,1H3,(H,21,27)/t11-,17?,18?/m0/s1. The largest absolute Gasteiger partial charge is 0.364 e. The zero-order valence-electron chi connectivity index (χ0n) is 15.8. The summed E-state index contributed by atoms with van der Waals surface area (Å²) in [6.07, 6.45) is 3.21. The Balaban J connectivity index is 1.35. The third-order valence-corrected chi connectivity index (χ3v) is 6.18. The number of aliphatic hydroxyl groups is 1. The number of nitrogens with one attached hydrogen (secondary N) is 2. The zero-order chi connectivity index (χ0) is 19.9. The monoisotopic (exact) mass is 408 g/mol. The molecule has 3 fully saturated rings. The number of aliphatic hydroxyl groups excluding tert-OH is 1. The molecule has 3 heterocycles. The molecule has 28 heavy (non-hydrogen) atoms. The second kappa shape index (κ2) is 7.46. The molecule has 0 aromatic carbocycles. The van der Waals surface area contributed by atoms with Crippen LogP contribution in [-0.2, 0) is 9.59 Å². The molecule has 3 N–H and O–H groups in total. The molecule has 1 aromatic heterocycles. The van der Waals surface area contributed by atoms with Gasteiger partial charge in [0.1, 0.15) is 5.54 Å². The van der Waals surface area contributed by atoms with Crippen LogP contribution >= 0.6 is 11.6 Å². The number of carbonyl (C=O) groups is 2. The van der Waals surface area contributed by atoms with Gasteiger partial charge in [0.25, 0.3) is 0 Å². The number of hydrogen-bond acceptors (Lipinski definition) is 7. The van der Waals surface area contributed by atoms with E-state index in [1.165, 1.54) is 0 Å². The normalized spacial score (nSPS) is 30.5. The van der Waals surface area contributed by atoms with E-state index in [1.54, 1.807) is 12.3 Å². The number of rotatable bonds is 5. The molecule has 3 atom stereocenters. The molecule has 9 nitrogen and oxygen atoms in total. The first kappa shape index (κ1) is 19.4. The van der Waals surface area contributed by atoms with E-state index in [4.69, 9.17) is 11.6 Å². The van der Waals surface area contributed by atoms with E-state index < -0.39 is 11.9 Å². The van der Waals surface area contributed by atoms with E-state index in [9.17, 15) is 14.7 Å². The number of halogens is 1. The highest BCUT2D eigenvalue weighted by molar-refractivity contribution is 6.29. The topological polar surface area (TPSA) is 111 Å². The predicted molar refractivity (Wildman–Crippen MR) is 102 cm³/mol. The van der Waals surface area contributed by atoms with Crippen molar-refractivity contribution in [2.75, 3.05) is 24.5 Å². The van der Waals surface area contributed by atoms with Crippen molar-refractivity contribution in [2.24, 2.45) is 5.92 Å². The Morgan fingerprint density at radius 1 is 1.43 bits per heavy atom. The number of piperazine rings is 1. The van der Waals surface area contributed by atoms with Crippen LogP contribution in [0.15, 0.2) is 12.3 Å². The van der Waals surface area contributed by atoms with Gasteiger partial charge in [-0.25, -0.2) is 0 Å². The maximum atomic E-state index is 12.8. The van der Waals surface area contributed by atoms with Gasteiger partial charge in [-0.3, -0.25) is 14.9 Å². The van der Waals surface area contributed by atoms with Gasteiger partial charge in [0, 0.05) is 38.2 Å². The van der Waals surface area contributed by atoms with Gasteiger partial charge in [-0.15, -0.1) is 5.10 Å². The average Bonchev–Trinajstić information content (AvgIpc) is 3.46. The summed E-state index contributed by atoms with van der Waals surface area (Å²) >= 11 is 5.94. The quantitative estimate of drug-likeness (QED) is 0.633. The predicted octanol–water partition coefficient (Wildman–Crippen LogP) is 0.0914. The van der Waals surface area contributed by atoms with Crippen molar-refractivity contribution in [3.63, 3.8) is 0 Å². The first-order valence-electron chi connectivity index (χ1n) is 9.68. The van der Waals surface area contributed by atoms with E-state index in [0.29, 0.717) is 31.2 Å². The summed E-state index contributed by atoms with van der Waals surface area (Å²) in [6, 6.07) is 1.89. The van der Waals surface area contributed by atoms with E-state index in [0.717, 1.165) is 18.5 Å². The average molecular weight is 409 g/mol. The van der Waals surface area contributed by atoms with E-state index in [1.807, 2.05) is 4.90 Å². The Morgan fingerprint density at radius 3 is 2.82 bits per heavy atom. The fourth-order valence-electron chi connectivity index (χ4n) is 4.39. The molecule has 1 aliphatic carbocycles. The SMILES string of the molecule is C[C@H]1CN(C(=O)CCC2(C3CC3)NC(O)NC2=O)CCN1c1cnnc(Cl)c1. The lowest BCUT2D eigenvalue weighted by molar-refractivity contribution is -0.133. The maximum absolute atomic E-state index is 12.8. The molecule has 2 saturated heterocycles. The second-order valence-corrected chi connectivity index (χ2v) is 8.27. The van der Waals surface area contributed by atoms with Crippen molar-refractivity contribution in [3.8, 4) is 0 Å². The molecule has 0 radical (unpaired) electrons. The van der Waals surface area contributed by atoms with Gasteiger partial charge >= 0.3 is 0 Å². The summed E-state index contributed by atoms with van der Waals surface area (Å²) in [6.45, 7) is 3.93. The van der Waals surface area contributed by atoms with Gasteiger partial charge in [-0.05, 0) is 32.1 Å². The first-order valence-corrected chi connectivity index (χ1v) is 10.1. The van der Waals surface area contributed by atoms with E-state index >= 15 is 0 Å². The van der Waals surface area contributed by atoms with Gasteiger partial charge in [0.15, 0.2) is 11.5 Å². The van der Waals surface area contributed by atoms with Crippen LogP contribution in [0.3, 0.4) is 0 Å². The minimum atomic E-state index is -1.03. The molecule has 152 valence electrons. The smallest absolute Gasteiger partial charge is 0.243 e. The van der Waals surface area contributed by atoms with Gasteiger partial charge < -0.3 is 20.2 Å². The van der Waals surface area contributed by atoms with E-state index in [-0.39, 0.29) is 30.2 Å². The van der Waals surface area contributed by atoms with Crippen molar-refractivity contribution >= 4 is 29.1 Å². The molecule has 0 spiro atoms. The lowest BCUT2D eigenvalue weighted by Gasteiger charge is -2.41. The Morgan fingerprint density at radius 2 is 2.21 bits per heavy atom. The van der Waals surface area contributed by atoms with Gasteiger partial charge in [-0.1, -0.05) is 11.6 Å². The molecular formula is C18H25ClN6O3. The molecule has 2 unspecified atom stereocenters. The lowest BCUT2D eigenvalue weighted by Crippen LogP contribution is -2.55. The minimum Gasteiger partial charge on any atom is -0.364 e. The lowest BCUT2D eigenvalue weighted by atomic mass is 9.87. The van der Waals surface area contributed by atoms with Gasteiger partial charge in [0.2, 0.25) is 11.8 Å². The van der Waals surface area contributed by atoms with Crippen molar-refractivity contribution in [1.82, 2.24) is 25.7 Å². The van der Waals surface area contributed by atoms with Crippen molar-refractivity contribution in [3.05, 3.63) is 17.4 Å². The summed E-state index contributed by atoms with van der Waals surface area (Å²) < 4.78 is 0. The fourth-order valence-corrected chi connectivity index (χ4v) is 4.54. The molecule has 4 rings (SSSR count). The number of aromatic nitrogens is 2. The van der Waals surface area contributed by atoms with Crippen LogP contribution in [0, 0.1) is 5.92 Å². The molecule has 0 bridgehead atoms. The maximum Gasteiger partial charge on any atom is 0.243 e. The van der Waals surface area contributed by atoms with Crippen LogP contribution in [0.25, 0.3) is 0 Å². The third kappa shape index (κ3) is 3.66. The third-order valence-electron chi connectivity index (χ3n) is 6.00. The van der Waals surface area contributed by atoms with Gasteiger partial charge in [0.05, 0.1) is 11.9 Å². The Hall–Kier alpha value is -1.97. The Bertz CT molecular complexity index is 775. The van der Waals surface area contributed by atoms with Crippen LogP contribution in [0.2, 0.25) is 5.15 Å². The zero-order valence-corrected chi connectivity index (χ0v) is 16.5. The highest BCUT2D eigenvalue weighted by Crippen LogP contribution is 2.44. The highest BCUT2D eigenvalue weighted by atomic mass is 35.5. The number of anilines is 1. The van der Waals surface area contributed by atoms with Crippen LogP contribution in [-0.4, -0.2) is 69.6 Å². The summed E-state index contributed by atoms with van der Waals surface area (Å²) in [5.41, 5.74) is 0.0789. The Kier molecular flexibility index (Phi) is 5.15. The summed E-state index contributed by atoms with van der Waals surface area (Å²) in [5, 5.41) is 23.3. The molecule has 3 aliphatic rings. The van der Waals surface area contributed by atoms with Crippen molar-refractivity contribution in [2.45, 2.75) is 50.5 Å². The minimum absolute atomic E-state index is 0.0356. The molecule has 10 heteroatoms. The van der Waals surface area contributed by atoms with Crippen LogP contribution < -0.4 is 15.5 Å². The molecular weight excluding hydrogens is 384 g/mol. The molecule has 2 amide bonds. The molecule has 1 saturated carbocycles. The van der Waals surface area contributed by atoms with Crippen molar-refractivity contribution in [1.29, 1.82) is 0 Å². The number of amides is 2. The Labute approximate surface area is 168 Å². The van der Waals surface area contributed by atoms with Crippen molar-refractivity contribution < 1.29 is 14.7 Å². The number of carbonyl (C=O) groups excluding carboxylic acids is 2. The summed E-state index contributed by atoms with van der Waals surface area (Å²) in [7, 11) is 0. The highest BCUT2D eigenvalue weighted by Gasteiger charge is 2.55. The van der Waals surface area contributed by atoms with Crippen LogP contribution in [0.1, 0.15) is 32.6 Å². The fraction of sp³-hybridized carbons (Fsp3) is 0.667. The number of hydrogen-bond donors (Lipinski definition) is 3. The van der Waals surface area contributed by atoms with Crippen LogP contribution in [0.4, 0.5) is 5.69 Å². The second-order valence-electron chi connectivity index (χ2n) is 7.88. The molecule has 2 aliphatic heterocycles. The van der Waals surface area contributed by atoms with Gasteiger partial charge in [-0.2, -0.15) is 5.10 Å². The number of nitrogens with zero attached hydrogens (tertiary/aromatic N) is 4. The summed E-state index contributed by atoms with van der Waals surface area (Å²) in [5.74, 6) is 0.0288. The molecule has 1 aromatic rings.